The summed E-state index contributed by atoms with van der Waals surface area (Å²) in [7, 11) is 0. The van der Waals surface area contributed by atoms with Crippen LogP contribution in [-0.2, 0) is 6.42 Å². The Hall–Kier alpha value is -3.87. The van der Waals surface area contributed by atoms with Gasteiger partial charge in [-0.15, -0.1) is 0 Å². The molecule has 0 unspecified atom stereocenters. The minimum atomic E-state index is -0.0840. The number of likely N-dealkylation sites (tertiary alicyclic amines) is 1. The summed E-state index contributed by atoms with van der Waals surface area (Å²) < 4.78 is 5.43. The lowest BCUT2D eigenvalue weighted by molar-refractivity contribution is 0.0695. The van der Waals surface area contributed by atoms with E-state index in [-0.39, 0.29) is 11.8 Å². The maximum absolute atomic E-state index is 13.3. The fraction of sp³-hybridized carbons (Fsp3) is 0.345. The van der Waals surface area contributed by atoms with Crippen LogP contribution < -0.4 is 0 Å². The van der Waals surface area contributed by atoms with Crippen molar-refractivity contribution >= 4 is 5.91 Å². The van der Waals surface area contributed by atoms with Gasteiger partial charge in [0.1, 0.15) is 5.76 Å². The molecule has 0 aliphatic carbocycles. The van der Waals surface area contributed by atoms with Crippen LogP contribution in [0.1, 0.15) is 60.1 Å². The molecule has 3 aromatic heterocycles. The van der Waals surface area contributed by atoms with E-state index in [0.717, 1.165) is 47.4 Å². The number of hydrogen-bond acceptors (Lipinski definition) is 6. The molecule has 1 aliphatic heterocycles. The van der Waals surface area contributed by atoms with E-state index in [2.05, 4.69) is 43.0 Å². The average Bonchev–Trinajstić information content (AvgIpc) is 3.36. The van der Waals surface area contributed by atoms with Crippen LogP contribution in [0.5, 0.6) is 0 Å². The molecule has 1 aromatic carbocycles. The highest BCUT2D eigenvalue weighted by molar-refractivity contribution is 5.92. The Morgan fingerprint density at radius 2 is 1.94 bits per heavy atom. The Balaban J connectivity index is 1.48. The number of pyridine rings is 1. The van der Waals surface area contributed by atoms with Gasteiger partial charge in [0, 0.05) is 61.2 Å². The van der Waals surface area contributed by atoms with Crippen LogP contribution in [0, 0.1) is 12.8 Å². The van der Waals surface area contributed by atoms with Crippen LogP contribution in [0.15, 0.2) is 65.6 Å². The maximum atomic E-state index is 13.3. The first-order valence-electron chi connectivity index (χ1n) is 12.6. The Labute approximate surface area is 211 Å². The van der Waals surface area contributed by atoms with Crippen LogP contribution in [0.3, 0.4) is 0 Å². The summed E-state index contributed by atoms with van der Waals surface area (Å²) in [6.45, 7) is 7.62. The Kier molecular flexibility index (Phi) is 6.89. The van der Waals surface area contributed by atoms with Gasteiger partial charge < -0.3 is 9.42 Å². The average molecular weight is 482 g/mol. The molecule has 7 nitrogen and oxygen atoms in total. The van der Waals surface area contributed by atoms with E-state index in [1.807, 2.05) is 35.4 Å². The van der Waals surface area contributed by atoms with Crippen LogP contribution >= 0.6 is 0 Å². The molecule has 0 bridgehead atoms. The zero-order valence-corrected chi connectivity index (χ0v) is 21.0. The van der Waals surface area contributed by atoms with Gasteiger partial charge in [-0.2, -0.15) is 0 Å². The highest BCUT2D eigenvalue weighted by Crippen LogP contribution is 2.35. The Morgan fingerprint density at radius 3 is 2.72 bits per heavy atom. The van der Waals surface area contributed by atoms with Crippen molar-refractivity contribution in [3.05, 3.63) is 83.8 Å². The van der Waals surface area contributed by atoms with Gasteiger partial charge in [-0.25, -0.2) is 9.97 Å². The highest BCUT2D eigenvalue weighted by Gasteiger charge is 2.30. The summed E-state index contributed by atoms with van der Waals surface area (Å²) in [5, 5.41) is 4.07. The third-order valence-corrected chi connectivity index (χ3v) is 6.67. The molecule has 1 amide bonds. The number of rotatable bonds is 6. The lowest BCUT2D eigenvalue weighted by atomic mass is 9.88. The van der Waals surface area contributed by atoms with Gasteiger partial charge in [-0.05, 0) is 48.9 Å². The molecule has 0 N–H and O–H groups in total. The van der Waals surface area contributed by atoms with E-state index in [9.17, 15) is 4.79 Å². The summed E-state index contributed by atoms with van der Waals surface area (Å²) in [6, 6.07) is 13.9. The minimum Gasteiger partial charge on any atom is -0.361 e. The van der Waals surface area contributed by atoms with Gasteiger partial charge in [0.15, 0.2) is 11.5 Å². The van der Waals surface area contributed by atoms with Crippen molar-refractivity contribution in [3.63, 3.8) is 0 Å². The van der Waals surface area contributed by atoms with Crippen molar-refractivity contribution < 1.29 is 9.32 Å². The molecule has 0 radical (unpaired) electrons. The number of carbonyl (C=O) groups is 1. The highest BCUT2D eigenvalue weighted by atomic mass is 16.5. The van der Waals surface area contributed by atoms with E-state index < -0.39 is 0 Å². The number of aromatic nitrogens is 4. The first-order valence-corrected chi connectivity index (χ1v) is 12.6. The molecular formula is C29H31N5O2. The molecule has 4 heterocycles. The van der Waals surface area contributed by atoms with E-state index in [1.54, 1.807) is 18.5 Å². The molecule has 1 atom stereocenters. The Morgan fingerprint density at radius 1 is 1.14 bits per heavy atom. The van der Waals surface area contributed by atoms with Crippen molar-refractivity contribution in [2.75, 3.05) is 13.1 Å². The minimum absolute atomic E-state index is 0.0840. The topological polar surface area (TPSA) is 85.0 Å². The summed E-state index contributed by atoms with van der Waals surface area (Å²) in [5.74, 6) is 1.86. The largest absolute Gasteiger partial charge is 0.361 e. The van der Waals surface area contributed by atoms with Gasteiger partial charge in [-0.1, -0.05) is 43.3 Å². The van der Waals surface area contributed by atoms with Gasteiger partial charge in [-0.3, -0.25) is 9.78 Å². The normalized spacial score (nSPS) is 15.9. The first-order chi connectivity index (χ1) is 17.5. The molecular weight excluding hydrogens is 450 g/mol. The second kappa shape index (κ2) is 10.4. The summed E-state index contributed by atoms with van der Waals surface area (Å²) in [6.07, 6.45) is 8.04. The van der Waals surface area contributed by atoms with Crippen LogP contribution in [0.25, 0.3) is 22.5 Å². The summed E-state index contributed by atoms with van der Waals surface area (Å²) in [5.41, 5.74) is 5.59. The maximum Gasteiger partial charge on any atom is 0.276 e. The lowest BCUT2D eigenvalue weighted by Gasteiger charge is -2.33. The third kappa shape index (κ3) is 5.05. The zero-order chi connectivity index (χ0) is 25.1. The number of benzene rings is 1. The van der Waals surface area contributed by atoms with E-state index in [0.29, 0.717) is 30.5 Å². The molecule has 36 heavy (non-hydrogen) atoms. The van der Waals surface area contributed by atoms with Crippen molar-refractivity contribution in [2.45, 2.75) is 46.0 Å². The standard InChI is InChI=1S/C29H31N5O2/c1-19(2)15-23-16-26(33-36-23)29(35)34-14-6-8-22(18-34)27-25(24-9-5-4-7-20(24)3)17-31-28(32-27)21-10-12-30-13-11-21/h4-5,7,9-13,16-17,19,22H,6,8,14-15,18H2,1-3H3/t22-/m0/s1. The fourth-order valence-electron chi connectivity index (χ4n) is 4.89. The molecule has 1 saturated heterocycles. The van der Waals surface area contributed by atoms with Crippen molar-refractivity contribution in [3.8, 4) is 22.5 Å². The van der Waals surface area contributed by atoms with Gasteiger partial charge in [0.05, 0.1) is 5.69 Å². The quantitative estimate of drug-likeness (QED) is 0.350. The molecule has 0 spiro atoms. The molecule has 5 rings (SSSR count). The van der Waals surface area contributed by atoms with E-state index in [1.165, 1.54) is 5.56 Å². The predicted molar refractivity (Wildman–Crippen MR) is 138 cm³/mol. The van der Waals surface area contributed by atoms with E-state index >= 15 is 0 Å². The SMILES string of the molecule is Cc1ccccc1-c1cnc(-c2ccncc2)nc1[C@H]1CCCN(C(=O)c2cc(CC(C)C)on2)C1. The first kappa shape index (κ1) is 23.9. The van der Waals surface area contributed by atoms with Gasteiger partial charge in [0.25, 0.3) is 5.91 Å². The zero-order valence-electron chi connectivity index (χ0n) is 21.0. The molecule has 1 fully saturated rings. The molecule has 0 saturated carbocycles. The number of nitrogens with zero attached hydrogens (tertiary/aromatic N) is 5. The van der Waals surface area contributed by atoms with Crippen molar-refractivity contribution in [1.82, 2.24) is 25.0 Å². The smallest absolute Gasteiger partial charge is 0.276 e. The molecule has 7 heteroatoms. The Bertz CT molecular complexity index is 1350. The van der Waals surface area contributed by atoms with Crippen LogP contribution in [-0.4, -0.2) is 44.0 Å². The summed E-state index contributed by atoms with van der Waals surface area (Å²) >= 11 is 0. The third-order valence-electron chi connectivity index (χ3n) is 6.67. The van der Waals surface area contributed by atoms with Crippen LogP contribution in [0.4, 0.5) is 0 Å². The van der Waals surface area contributed by atoms with Gasteiger partial charge in [0.2, 0.25) is 0 Å². The number of piperidine rings is 1. The van der Waals surface area contributed by atoms with E-state index in [4.69, 9.17) is 14.5 Å². The monoisotopic (exact) mass is 481 g/mol. The van der Waals surface area contributed by atoms with Crippen molar-refractivity contribution in [2.24, 2.45) is 5.92 Å². The summed E-state index contributed by atoms with van der Waals surface area (Å²) in [4.78, 5) is 29.1. The van der Waals surface area contributed by atoms with Gasteiger partial charge >= 0.3 is 0 Å². The van der Waals surface area contributed by atoms with Crippen molar-refractivity contribution in [1.29, 1.82) is 0 Å². The molecule has 4 aromatic rings. The lowest BCUT2D eigenvalue weighted by Crippen LogP contribution is -2.39. The molecule has 184 valence electrons. The number of aryl methyl sites for hydroxylation is 1. The second-order valence-electron chi connectivity index (χ2n) is 9.91. The number of carbonyl (C=O) groups excluding carboxylic acids is 1. The second-order valence-corrected chi connectivity index (χ2v) is 9.91. The number of hydrogen-bond donors (Lipinski definition) is 0. The molecule has 1 aliphatic rings. The number of amides is 1. The predicted octanol–water partition coefficient (Wildman–Crippen LogP) is 5.72. The fourth-order valence-corrected chi connectivity index (χ4v) is 4.89. The van der Waals surface area contributed by atoms with Crippen LogP contribution in [0.2, 0.25) is 0 Å².